The predicted octanol–water partition coefficient (Wildman–Crippen LogP) is 3.80. The summed E-state index contributed by atoms with van der Waals surface area (Å²) in [4.78, 5) is 30.0. The number of amides is 2. The van der Waals surface area contributed by atoms with Gasteiger partial charge in [0.05, 0.1) is 11.7 Å². The van der Waals surface area contributed by atoms with Crippen LogP contribution in [0.1, 0.15) is 49.0 Å². The van der Waals surface area contributed by atoms with Crippen LogP contribution in [0.2, 0.25) is 0 Å². The van der Waals surface area contributed by atoms with Gasteiger partial charge in [0.25, 0.3) is 5.91 Å². The van der Waals surface area contributed by atoms with Gasteiger partial charge in [-0.05, 0) is 29.7 Å². The van der Waals surface area contributed by atoms with Crippen molar-refractivity contribution in [3.8, 4) is 0 Å². The van der Waals surface area contributed by atoms with E-state index in [2.05, 4.69) is 19.2 Å². The van der Waals surface area contributed by atoms with Gasteiger partial charge in [-0.2, -0.15) is 0 Å². The summed E-state index contributed by atoms with van der Waals surface area (Å²) in [5, 5.41) is 3.66. The molecule has 164 valence electrons. The lowest BCUT2D eigenvalue weighted by atomic mass is 9.94. The Hall–Kier alpha value is -2.73. The van der Waals surface area contributed by atoms with Crippen molar-refractivity contribution in [3.05, 3.63) is 71.5 Å². The predicted molar refractivity (Wildman–Crippen MR) is 118 cm³/mol. The summed E-state index contributed by atoms with van der Waals surface area (Å²) < 4.78 is 13.6. The molecule has 0 saturated carbocycles. The van der Waals surface area contributed by atoms with Crippen LogP contribution in [-0.4, -0.2) is 46.4 Å². The Morgan fingerprint density at radius 3 is 2.52 bits per heavy atom. The molecule has 0 aromatic heterocycles. The molecular weight excluding hydrogens is 393 g/mol. The van der Waals surface area contributed by atoms with E-state index in [1.54, 1.807) is 17.0 Å². The maximum Gasteiger partial charge on any atom is 0.253 e. The number of rotatable bonds is 5. The van der Waals surface area contributed by atoms with E-state index in [1.807, 2.05) is 35.2 Å². The number of piperidine rings is 1. The van der Waals surface area contributed by atoms with Gasteiger partial charge in [0, 0.05) is 38.0 Å². The van der Waals surface area contributed by atoms with Crippen LogP contribution in [0.3, 0.4) is 0 Å². The molecule has 2 aromatic carbocycles. The Balaban J connectivity index is 1.54. The molecule has 2 atom stereocenters. The van der Waals surface area contributed by atoms with E-state index < -0.39 is 11.5 Å². The molecule has 0 aliphatic carbocycles. The highest BCUT2D eigenvalue weighted by molar-refractivity contribution is 5.94. The molecule has 0 unspecified atom stereocenters. The number of halogens is 1. The van der Waals surface area contributed by atoms with E-state index in [0.29, 0.717) is 38.0 Å². The SMILES string of the molecule is CC[C@@H](C)[C@@H]1NC2(CCN(C(=O)c3cccc(F)c3)CC2)N(Cc2ccccc2)C1=O. The molecule has 31 heavy (non-hydrogen) atoms. The van der Waals surface area contributed by atoms with Gasteiger partial charge in [-0.25, -0.2) is 4.39 Å². The highest BCUT2D eigenvalue weighted by Crippen LogP contribution is 2.36. The van der Waals surface area contributed by atoms with Crippen LogP contribution in [-0.2, 0) is 11.3 Å². The number of carbonyl (C=O) groups excluding carboxylic acids is 2. The van der Waals surface area contributed by atoms with Crippen LogP contribution in [0.4, 0.5) is 4.39 Å². The van der Waals surface area contributed by atoms with Gasteiger partial charge in [-0.15, -0.1) is 0 Å². The zero-order valence-electron chi connectivity index (χ0n) is 18.2. The molecule has 0 bridgehead atoms. The minimum Gasteiger partial charge on any atom is -0.338 e. The molecule has 5 nitrogen and oxygen atoms in total. The fourth-order valence-electron chi connectivity index (χ4n) is 4.72. The maximum absolute atomic E-state index is 13.6. The van der Waals surface area contributed by atoms with Crippen molar-refractivity contribution < 1.29 is 14.0 Å². The zero-order valence-corrected chi connectivity index (χ0v) is 18.2. The monoisotopic (exact) mass is 423 g/mol. The first-order chi connectivity index (χ1) is 14.9. The molecule has 2 heterocycles. The van der Waals surface area contributed by atoms with Crippen LogP contribution < -0.4 is 5.32 Å². The largest absolute Gasteiger partial charge is 0.338 e. The summed E-state index contributed by atoms with van der Waals surface area (Å²) in [6.45, 7) is 5.81. The Morgan fingerprint density at radius 2 is 1.87 bits per heavy atom. The standard InChI is InChI=1S/C25H30FN3O2/c1-3-18(2)22-24(31)29(17-19-8-5-4-6-9-19)25(27-22)12-14-28(15-13-25)23(30)20-10-7-11-21(26)16-20/h4-11,16,18,22,27H,3,12-15,17H2,1-2H3/t18-,22+/m1/s1. The second kappa shape index (κ2) is 8.79. The molecule has 0 radical (unpaired) electrons. The quantitative estimate of drug-likeness (QED) is 0.796. The Labute approximate surface area is 183 Å². The number of hydrogen-bond donors (Lipinski definition) is 1. The van der Waals surface area contributed by atoms with Crippen LogP contribution in [0.5, 0.6) is 0 Å². The number of nitrogens with zero attached hydrogens (tertiary/aromatic N) is 2. The highest BCUT2D eigenvalue weighted by Gasteiger charge is 2.52. The molecule has 2 saturated heterocycles. The smallest absolute Gasteiger partial charge is 0.253 e. The van der Waals surface area contributed by atoms with Crippen LogP contribution >= 0.6 is 0 Å². The zero-order chi connectivity index (χ0) is 22.0. The lowest BCUT2D eigenvalue weighted by Gasteiger charge is -2.45. The first-order valence-electron chi connectivity index (χ1n) is 11.1. The van der Waals surface area contributed by atoms with E-state index in [1.165, 1.54) is 12.1 Å². The summed E-state index contributed by atoms with van der Waals surface area (Å²) in [5.74, 6) is -0.195. The van der Waals surface area contributed by atoms with Crippen LogP contribution in [0, 0.1) is 11.7 Å². The van der Waals surface area contributed by atoms with Crippen molar-refractivity contribution >= 4 is 11.8 Å². The van der Waals surface area contributed by atoms with Gasteiger partial charge in [0.1, 0.15) is 5.82 Å². The summed E-state index contributed by atoms with van der Waals surface area (Å²) in [7, 11) is 0. The van der Waals surface area contributed by atoms with Crippen LogP contribution in [0.15, 0.2) is 54.6 Å². The summed E-state index contributed by atoms with van der Waals surface area (Å²) in [6, 6.07) is 15.7. The van der Waals surface area contributed by atoms with E-state index in [9.17, 15) is 14.0 Å². The van der Waals surface area contributed by atoms with E-state index in [0.717, 1.165) is 12.0 Å². The third-order valence-corrected chi connectivity index (χ3v) is 6.82. The van der Waals surface area contributed by atoms with Gasteiger partial charge in [0.2, 0.25) is 5.91 Å². The van der Waals surface area contributed by atoms with Crippen LogP contribution in [0.25, 0.3) is 0 Å². The normalized spacial score (nSPS) is 21.5. The molecule has 2 aromatic rings. The lowest BCUT2D eigenvalue weighted by Crippen LogP contribution is -2.59. The third kappa shape index (κ3) is 4.22. The van der Waals surface area contributed by atoms with Gasteiger partial charge in [-0.1, -0.05) is 56.7 Å². The minimum atomic E-state index is -0.459. The van der Waals surface area contributed by atoms with Gasteiger partial charge in [-0.3, -0.25) is 14.9 Å². The molecule has 1 spiro atoms. The second-order valence-electron chi connectivity index (χ2n) is 8.75. The molecular formula is C25H30FN3O2. The van der Waals surface area contributed by atoms with Gasteiger partial charge in [0.15, 0.2) is 0 Å². The van der Waals surface area contributed by atoms with E-state index in [4.69, 9.17) is 0 Å². The Morgan fingerprint density at radius 1 is 1.16 bits per heavy atom. The Kier molecular flexibility index (Phi) is 6.10. The molecule has 6 heteroatoms. The first-order valence-corrected chi connectivity index (χ1v) is 11.1. The molecule has 2 aliphatic heterocycles. The number of hydrogen-bond acceptors (Lipinski definition) is 3. The first kappa shape index (κ1) is 21.5. The average Bonchev–Trinajstić information content (AvgIpc) is 3.05. The highest BCUT2D eigenvalue weighted by atomic mass is 19.1. The molecule has 2 aliphatic rings. The number of carbonyl (C=O) groups is 2. The van der Waals surface area contributed by atoms with Crippen molar-refractivity contribution in [1.29, 1.82) is 0 Å². The van der Waals surface area contributed by atoms with Crippen molar-refractivity contribution in [2.75, 3.05) is 13.1 Å². The summed E-state index contributed by atoms with van der Waals surface area (Å²) in [5.41, 5.74) is 1.00. The topological polar surface area (TPSA) is 52.7 Å². The lowest BCUT2D eigenvalue weighted by molar-refractivity contribution is -0.134. The fraction of sp³-hybridized carbons (Fsp3) is 0.440. The minimum absolute atomic E-state index is 0.142. The third-order valence-electron chi connectivity index (χ3n) is 6.82. The fourth-order valence-corrected chi connectivity index (χ4v) is 4.72. The van der Waals surface area contributed by atoms with Crippen molar-refractivity contribution in [1.82, 2.24) is 15.1 Å². The summed E-state index contributed by atoms with van der Waals surface area (Å²) in [6.07, 6.45) is 2.22. The number of benzene rings is 2. The summed E-state index contributed by atoms with van der Waals surface area (Å²) >= 11 is 0. The Bertz CT molecular complexity index is 941. The molecule has 2 amide bonds. The second-order valence-corrected chi connectivity index (χ2v) is 8.75. The van der Waals surface area contributed by atoms with Crippen molar-refractivity contribution in [2.24, 2.45) is 5.92 Å². The number of likely N-dealkylation sites (tertiary alicyclic amines) is 1. The molecule has 1 N–H and O–H groups in total. The van der Waals surface area contributed by atoms with E-state index in [-0.39, 0.29) is 23.8 Å². The maximum atomic E-state index is 13.6. The number of nitrogens with one attached hydrogen (secondary N) is 1. The molecule has 4 rings (SSSR count). The average molecular weight is 424 g/mol. The van der Waals surface area contributed by atoms with Gasteiger partial charge >= 0.3 is 0 Å². The van der Waals surface area contributed by atoms with Gasteiger partial charge < -0.3 is 9.80 Å². The van der Waals surface area contributed by atoms with E-state index >= 15 is 0 Å². The van der Waals surface area contributed by atoms with Crippen molar-refractivity contribution in [2.45, 2.75) is 51.4 Å². The van der Waals surface area contributed by atoms with Crippen molar-refractivity contribution in [3.63, 3.8) is 0 Å². The molecule has 2 fully saturated rings.